The molecule has 1 aromatic rings. The van der Waals surface area contributed by atoms with Crippen LogP contribution in [-0.4, -0.2) is 24.2 Å². The van der Waals surface area contributed by atoms with Crippen molar-refractivity contribution in [3.8, 4) is 0 Å². The number of benzene rings is 1. The first-order valence-corrected chi connectivity index (χ1v) is 8.14. The molecule has 0 aromatic heterocycles. The van der Waals surface area contributed by atoms with Gasteiger partial charge < -0.3 is 5.11 Å². The van der Waals surface area contributed by atoms with Crippen molar-refractivity contribution in [2.45, 2.75) is 49.2 Å². The van der Waals surface area contributed by atoms with Gasteiger partial charge in [0.2, 0.25) is 0 Å². The van der Waals surface area contributed by atoms with Crippen molar-refractivity contribution in [3.63, 3.8) is 0 Å². The third-order valence-electron chi connectivity index (χ3n) is 3.41. The molecule has 0 unspecified atom stereocenters. The third-order valence-corrected chi connectivity index (χ3v) is 5.90. The maximum Gasteiger partial charge on any atom is 0.325 e. The predicted molar refractivity (Wildman–Crippen MR) is 73.7 cm³/mol. The molecular weight excluding hydrogens is 302 g/mol. The molecule has 4 nitrogen and oxygen atoms in total. The summed E-state index contributed by atoms with van der Waals surface area (Å²) in [6.07, 6.45) is 0.513. The predicted octanol–water partition coefficient (Wildman–Crippen LogP) is 3.16. The van der Waals surface area contributed by atoms with Gasteiger partial charge >= 0.3 is 5.97 Å². The molecule has 0 saturated heterocycles. The van der Waals surface area contributed by atoms with Crippen LogP contribution in [0.15, 0.2) is 23.1 Å². The lowest BCUT2D eigenvalue weighted by Gasteiger charge is -2.28. The van der Waals surface area contributed by atoms with E-state index >= 15 is 0 Å². The molecule has 21 heavy (non-hydrogen) atoms. The third kappa shape index (κ3) is 3.07. The van der Waals surface area contributed by atoms with E-state index in [-0.39, 0.29) is 12.8 Å². The van der Waals surface area contributed by atoms with E-state index in [0.717, 1.165) is 6.07 Å². The normalized spacial score (nSPS) is 12.4. The van der Waals surface area contributed by atoms with Crippen LogP contribution in [0.1, 0.15) is 39.5 Å². The van der Waals surface area contributed by atoms with Gasteiger partial charge in [-0.2, -0.15) is 0 Å². The van der Waals surface area contributed by atoms with Gasteiger partial charge in [-0.3, -0.25) is 4.79 Å². The Hall–Kier alpha value is -1.50. The van der Waals surface area contributed by atoms with E-state index in [9.17, 15) is 27.1 Å². The molecule has 0 atom stereocenters. The minimum absolute atomic E-state index is 0.0858. The number of rotatable bonds is 7. The van der Waals surface area contributed by atoms with Gasteiger partial charge in [-0.25, -0.2) is 17.2 Å². The monoisotopic (exact) mass is 320 g/mol. The summed E-state index contributed by atoms with van der Waals surface area (Å²) >= 11 is 0. The van der Waals surface area contributed by atoms with Crippen molar-refractivity contribution in [3.05, 3.63) is 29.8 Å². The lowest BCUT2D eigenvalue weighted by Crippen LogP contribution is -2.46. The summed E-state index contributed by atoms with van der Waals surface area (Å²) in [5, 5.41) is 9.46. The second kappa shape index (κ2) is 6.51. The van der Waals surface area contributed by atoms with Crippen LogP contribution >= 0.6 is 0 Å². The van der Waals surface area contributed by atoms with Gasteiger partial charge in [-0.15, -0.1) is 0 Å². The van der Waals surface area contributed by atoms with E-state index in [1.54, 1.807) is 13.8 Å². The number of sulfone groups is 1. The Morgan fingerprint density at radius 1 is 1.14 bits per heavy atom. The highest BCUT2D eigenvalue weighted by molar-refractivity contribution is 7.93. The van der Waals surface area contributed by atoms with Crippen molar-refractivity contribution < 1.29 is 27.1 Å². The van der Waals surface area contributed by atoms with Gasteiger partial charge in [0.05, 0.1) is 4.90 Å². The first-order valence-electron chi connectivity index (χ1n) is 6.66. The summed E-state index contributed by atoms with van der Waals surface area (Å²) in [5.41, 5.74) is 0. The summed E-state index contributed by atoms with van der Waals surface area (Å²) in [7, 11) is -4.33. The van der Waals surface area contributed by atoms with Crippen LogP contribution < -0.4 is 0 Å². The largest absolute Gasteiger partial charge is 0.480 e. The maximum absolute atomic E-state index is 13.3. The molecule has 0 spiro atoms. The number of halogens is 2. The van der Waals surface area contributed by atoms with Crippen LogP contribution in [0, 0.1) is 11.6 Å². The molecule has 1 rings (SSSR count). The smallest absolute Gasteiger partial charge is 0.325 e. The van der Waals surface area contributed by atoms with Crippen LogP contribution in [0.5, 0.6) is 0 Å². The lowest BCUT2D eigenvalue weighted by molar-refractivity contribution is -0.140. The fourth-order valence-corrected chi connectivity index (χ4v) is 4.53. The van der Waals surface area contributed by atoms with E-state index in [4.69, 9.17) is 0 Å². The van der Waals surface area contributed by atoms with Crippen molar-refractivity contribution in [1.82, 2.24) is 0 Å². The van der Waals surface area contributed by atoms with Gasteiger partial charge in [0.15, 0.2) is 26.2 Å². The fourth-order valence-electron chi connectivity index (χ4n) is 2.40. The zero-order chi connectivity index (χ0) is 16.3. The van der Waals surface area contributed by atoms with Crippen molar-refractivity contribution in [1.29, 1.82) is 0 Å². The molecule has 0 saturated carbocycles. The molecule has 118 valence electrons. The number of aliphatic carboxylic acids is 1. The van der Waals surface area contributed by atoms with Crippen molar-refractivity contribution in [2.75, 3.05) is 0 Å². The summed E-state index contributed by atoms with van der Waals surface area (Å²) < 4.78 is 49.6. The van der Waals surface area contributed by atoms with E-state index in [2.05, 4.69) is 0 Å². The number of carboxylic acids is 1. The molecule has 0 bridgehead atoms. The summed E-state index contributed by atoms with van der Waals surface area (Å²) in [5.74, 6) is -3.96. The molecule has 0 heterocycles. The Labute approximate surface area is 122 Å². The Morgan fingerprint density at radius 3 is 2.05 bits per heavy atom. The molecule has 0 aliphatic rings. The van der Waals surface area contributed by atoms with Crippen LogP contribution in [0.2, 0.25) is 0 Å². The minimum Gasteiger partial charge on any atom is -0.480 e. The summed E-state index contributed by atoms with van der Waals surface area (Å²) in [6.45, 7) is 3.35. The van der Waals surface area contributed by atoms with E-state index in [1.165, 1.54) is 0 Å². The average molecular weight is 320 g/mol. The second-order valence-electron chi connectivity index (χ2n) is 4.88. The second-order valence-corrected chi connectivity index (χ2v) is 7.14. The first-order chi connectivity index (χ1) is 9.72. The SMILES string of the molecule is CCCC(CCC)(C(=O)O)S(=O)(=O)c1ccc(F)c(F)c1. The highest BCUT2D eigenvalue weighted by atomic mass is 32.2. The summed E-state index contributed by atoms with van der Waals surface area (Å²) in [6, 6.07) is 2.12. The van der Waals surface area contributed by atoms with E-state index in [0.29, 0.717) is 25.0 Å². The van der Waals surface area contributed by atoms with Gasteiger partial charge in [-0.05, 0) is 31.0 Å². The van der Waals surface area contributed by atoms with Crippen molar-refractivity contribution in [2.24, 2.45) is 0 Å². The molecule has 0 radical (unpaired) electrons. The highest BCUT2D eigenvalue weighted by Crippen LogP contribution is 2.35. The lowest BCUT2D eigenvalue weighted by atomic mass is 9.97. The van der Waals surface area contributed by atoms with E-state index in [1.807, 2.05) is 0 Å². The maximum atomic E-state index is 13.3. The highest BCUT2D eigenvalue weighted by Gasteiger charge is 2.50. The molecule has 0 aliphatic heterocycles. The number of hydrogen-bond acceptors (Lipinski definition) is 3. The zero-order valence-corrected chi connectivity index (χ0v) is 12.7. The van der Waals surface area contributed by atoms with Crippen LogP contribution in [0.4, 0.5) is 8.78 Å². The quantitative estimate of drug-likeness (QED) is 0.783. The van der Waals surface area contributed by atoms with Crippen LogP contribution in [0.3, 0.4) is 0 Å². The number of carbonyl (C=O) groups is 1. The van der Waals surface area contributed by atoms with Gasteiger partial charge in [0, 0.05) is 0 Å². The molecule has 1 N–H and O–H groups in total. The average Bonchev–Trinajstić information content (AvgIpc) is 2.40. The molecular formula is C14H18F2O4S. The van der Waals surface area contributed by atoms with Crippen LogP contribution in [0.25, 0.3) is 0 Å². The summed E-state index contributed by atoms with van der Waals surface area (Å²) in [4.78, 5) is 11.1. The Bertz CT molecular complexity index is 620. The zero-order valence-electron chi connectivity index (χ0n) is 11.9. The van der Waals surface area contributed by atoms with E-state index < -0.39 is 37.1 Å². The van der Waals surface area contributed by atoms with Crippen LogP contribution in [-0.2, 0) is 14.6 Å². The molecule has 7 heteroatoms. The molecule has 1 aromatic carbocycles. The Kier molecular flexibility index (Phi) is 5.44. The van der Waals surface area contributed by atoms with Gasteiger partial charge in [0.1, 0.15) is 0 Å². The minimum atomic E-state index is -4.33. The Morgan fingerprint density at radius 2 is 1.67 bits per heavy atom. The first kappa shape index (κ1) is 17.6. The van der Waals surface area contributed by atoms with Gasteiger partial charge in [0.25, 0.3) is 0 Å². The Balaban J connectivity index is 3.52. The van der Waals surface area contributed by atoms with Crippen molar-refractivity contribution >= 4 is 15.8 Å². The molecule has 0 aliphatic carbocycles. The molecule has 0 amide bonds. The topological polar surface area (TPSA) is 71.4 Å². The standard InChI is InChI=1S/C14H18F2O4S/c1-3-7-14(8-4-2,13(17)18)21(19,20)10-5-6-11(15)12(16)9-10/h5-6,9H,3-4,7-8H2,1-2H3,(H,17,18). The molecule has 0 fully saturated rings. The van der Waals surface area contributed by atoms with Gasteiger partial charge in [-0.1, -0.05) is 26.7 Å². The fraction of sp³-hybridized carbons (Fsp3) is 0.500. The number of carboxylic acid groups (broad SMARTS) is 1. The number of hydrogen-bond donors (Lipinski definition) is 1.